The molecular weight excluding hydrogens is 493 g/mol. The largest absolute Gasteiger partial charge is 0.389 e. The molecule has 202 valence electrons. The van der Waals surface area contributed by atoms with Gasteiger partial charge in [-0.05, 0) is 71.9 Å². The lowest BCUT2D eigenvalue weighted by Crippen LogP contribution is -2.43. The zero-order valence-electron chi connectivity index (χ0n) is 22.4. The van der Waals surface area contributed by atoms with Gasteiger partial charge < -0.3 is 20.6 Å². The predicted octanol–water partition coefficient (Wildman–Crippen LogP) is 4.72. The molecule has 2 fully saturated rings. The maximum absolute atomic E-state index is 15.0. The number of anilines is 1. The number of aryl methyl sites for hydroxylation is 1. The van der Waals surface area contributed by atoms with Gasteiger partial charge in [0.05, 0.1) is 16.5 Å². The van der Waals surface area contributed by atoms with E-state index in [0.717, 1.165) is 49.0 Å². The summed E-state index contributed by atoms with van der Waals surface area (Å²) < 4.78 is 15.0. The second-order valence-corrected chi connectivity index (χ2v) is 12.3. The van der Waals surface area contributed by atoms with Gasteiger partial charge in [-0.25, -0.2) is 14.4 Å². The van der Waals surface area contributed by atoms with E-state index in [1.165, 1.54) is 0 Å². The summed E-state index contributed by atoms with van der Waals surface area (Å²) in [7, 11) is 0. The zero-order chi connectivity index (χ0) is 27.0. The van der Waals surface area contributed by atoms with Crippen molar-refractivity contribution in [3.05, 3.63) is 28.5 Å². The van der Waals surface area contributed by atoms with Gasteiger partial charge in [0.25, 0.3) is 11.8 Å². The molecule has 0 bridgehead atoms. The average molecular weight is 532 g/mol. The Morgan fingerprint density at radius 3 is 2.68 bits per heavy atom. The molecule has 37 heavy (non-hydrogen) atoms. The molecule has 1 saturated carbocycles. The minimum atomic E-state index is -1.29. The molecule has 0 spiro atoms. The van der Waals surface area contributed by atoms with Crippen molar-refractivity contribution in [2.24, 2.45) is 0 Å². The van der Waals surface area contributed by atoms with Crippen molar-refractivity contribution in [3.8, 4) is 10.4 Å². The van der Waals surface area contributed by atoms with Gasteiger partial charge in [-0.15, -0.1) is 11.3 Å². The number of thiazole rings is 1. The summed E-state index contributed by atoms with van der Waals surface area (Å²) in [6.07, 6.45) is 6.68. The fourth-order valence-electron chi connectivity index (χ4n) is 5.06. The molecule has 2 amide bonds. The smallest absolute Gasteiger partial charge is 0.280 e. The van der Waals surface area contributed by atoms with Gasteiger partial charge in [0.2, 0.25) is 0 Å². The Balaban J connectivity index is 1.65. The van der Waals surface area contributed by atoms with Crippen LogP contribution in [0.15, 0.2) is 12.3 Å². The van der Waals surface area contributed by atoms with Gasteiger partial charge in [0, 0.05) is 30.9 Å². The van der Waals surface area contributed by atoms with E-state index in [4.69, 9.17) is 0 Å². The molecule has 2 aromatic rings. The van der Waals surface area contributed by atoms with Crippen LogP contribution in [-0.2, 0) is 0 Å². The summed E-state index contributed by atoms with van der Waals surface area (Å²) in [5.74, 6) is -0.0501. The van der Waals surface area contributed by atoms with Gasteiger partial charge in [-0.2, -0.15) is 0 Å². The van der Waals surface area contributed by atoms with Crippen LogP contribution in [0.4, 0.5) is 10.2 Å². The molecule has 8 nitrogen and oxygen atoms in total. The van der Waals surface area contributed by atoms with Crippen molar-refractivity contribution >= 4 is 29.0 Å². The first-order valence-electron chi connectivity index (χ1n) is 13.1. The van der Waals surface area contributed by atoms with Crippen LogP contribution in [0.3, 0.4) is 0 Å². The van der Waals surface area contributed by atoms with E-state index < -0.39 is 17.2 Å². The van der Waals surface area contributed by atoms with Gasteiger partial charge in [0.1, 0.15) is 17.2 Å². The van der Waals surface area contributed by atoms with Gasteiger partial charge in [0.15, 0.2) is 5.01 Å². The van der Waals surface area contributed by atoms with Crippen LogP contribution in [-0.4, -0.2) is 68.2 Å². The van der Waals surface area contributed by atoms with Crippen LogP contribution in [0.1, 0.15) is 92.1 Å². The van der Waals surface area contributed by atoms with E-state index in [2.05, 4.69) is 20.6 Å². The highest BCUT2D eigenvalue weighted by Crippen LogP contribution is 2.37. The number of nitrogens with zero attached hydrogens (tertiary/aromatic N) is 3. The monoisotopic (exact) mass is 531 g/mol. The number of halogens is 1. The van der Waals surface area contributed by atoms with Crippen LogP contribution >= 0.6 is 11.3 Å². The van der Waals surface area contributed by atoms with E-state index in [9.17, 15) is 14.7 Å². The first-order valence-corrected chi connectivity index (χ1v) is 13.9. The third-order valence-electron chi connectivity index (χ3n) is 7.33. The van der Waals surface area contributed by atoms with Crippen LogP contribution in [0.25, 0.3) is 10.4 Å². The molecular formula is C27H38FN5O3S. The molecule has 1 aliphatic heterocycles. The quantitative estimate of drug-likeness (QED) is 0.477. The number of alkyl halides is 1. The summed E-state index contributed by atoms with van der Waals surface area (Å²) in [5, 5.41) is 16.1. The number of hydrogen-bond donors (Lipinski definition) is 3. The lowest BCUT2D eigenvalue weighted by Gasteiger charge is -2.35. The predicted molar refractivity (Wildman–Crippen MR) is 144 cm³/mol. The normalized spacial score (nSPS) is 24.2. The Kier molecular flexibility index (Phi) is 7.90. The highest BCUT2D eigenvalue weighted by atomic mass is 32.1. The topological polar surface area (TPSA) is 107 Å². The van der Waals surface area contributed by atoms with Gasteiger partial charge in [-0.1, -0.05) is 12.8 Å². The third-order valence-corrected chi connectivity index (χ3v) is 8.42. The van der Waals surface area contributed by atoms with Crippen molar-refractivity contribution in [3.63, 3.8) is 0 Å². The molecule has 4 rings (SSSR count). The maximum atomic E-state index is 15.0. The number of aliphatic hydroxyl groups is 1. The molecule has 1 saturated heterocycles. The fourth-order valence-corrected chi connectivity index (χ4v) is 6.10. The van der Waals surface area contributed by atoms with Crippen LogP contribution in [0, 0.1) is 6.92 Å². The molecule has 2 aromatic heterocycles. The van der Waals surface area contributed by atoms with Crippen molar-refractivity contribution in [1.29, 1.82) is 0 Å². The first-order chi connectivity index (χ1) is 17.4. The number of carbonyl (C=O) groups excluding carboxylic acids is 2. The van der Waals surface area contributed by atoms with E-state index in [0.29, 0.717) is 29.2 Å². The Labute approximate surface area is 222 Å². The number of pyridine rings is 1. The number of amides is 2. The minimum absolute atomic E-state index is 0.0583. The molecule has 0 radical (unpaired) electrons. The standard InChI is InChI=1S/C27H38FN5O3S/c1-16-13-20(31-19-10-6-7-11-27(19,5)28)29-14-18(16)22-21(25(35)33-12-8-9-17(33)2)32-24(37-22)23(34)30-15-26(3,4)36/h13-14,17,19,36H,6-12,15H2,1-5H3,(H,29,31)(H,30,34)/t17-,19-,27?/m0/s1. The second-order valence-electron chi connectivity index (χ2n) is 11.3. The zero-order valence-corrected chi connectivity index (χ0v) is 23.2. The highest BCUT2D eigenvalue weighted by Gasteiger charge is 2.37. The second kappa shape index (κ2) is 10.6. The Hall–Kier alpha value is -2.59. The number of nitrogens with one attached hydrogen (secondary N) is 2. The van der Waals surface area contributed by atoms with Crippen molar-refractivity contribution in [2.75, 3.05) is 18.4 Å². The lowest BCUT2D eigenvalue weighted by atomic mass is 9.83. The molecule has 3 heterocycles. The Morgan fingerprint density at radius 2 is 2.05 bits per heavy atom. The maximum Gasteiger partial charge on any atom is 0.280 e. The molecule has 0 aromatic carbocycles. The number of carbonyl (C=O) groups is 2. The minimum Gasteiger partial charge on any atom is -0.389 e. The van der Waals surface area contributed by atoms with Crippen LogP contribution in [0.5, 0.6) is 0 Å². The van der Waals surface area contributed by atoms with E-state index in [1.807, 2.05) is 19.9 Å². The van der Waals surface area contributed by atoms with E-state index in [1.54, 1.807) is 31.9 Å². The third kappa shape index (κ3) is 6.29. The molecule has 1 aliphatic carbocycles. The Bertz CT molecular complexity index is 1160. The number of likely N-dealkylation sites (tertiary alicyclic amines) is 1. The molecule has 1 unspecified atom stereocenters. The molecule has 3 atom stereocenters. The summed E-state index contributed by atoms with van der Waals surface area (Å²) in [6, 6.07) is 1.66. The summed E-state index contributed by atoms with van der Waals surface area (Å²) in [6.45, 7) is 9.50. The van der Waals surface area contributed by atoms with E-state index in [-0.39, 0.29) is 35.2 Å². The molecule has 10 heteroatoms. The summed E-state index contributed by atoms with van der Waals surface area (Å²) in [5.41, 5.74) is -0.560. The average Bonchev–Trinajstić information content (AvgIpc) is 3.45. The fraction of sp³-hybridized carbons (Fsp3) is 0.630. The SMILES string of the molecule is Cc1cc(N[C@H]2CCCCC2(C)F)ncc1-c1sc(C(=O)NCC(C)(C)O)nc1C(=O)N1CCC[C@@H]1C. The number of aromatic nitrogens is 2. The highest BCUT2D eigenvalue weighted by molar-refractivity contribution is 7.17. The Morgan fingerprint density at radius 1 is 1.30 bits per heavy atom. The van der Waals surface area contributed by atoms with Crippen molar-refractivity contribution in [2.45, 2.75) is 96.5 Å². The summed E-state index contributed by atoms with van der Waals surface area (Å²) in [4.78, 5) is 37.8. The summed E-state index contributed by atoms with van der Waals surface area (Å²) >= 11 is 1.14. The first kappa shape index (κ1) is 27.4. The van der Waals surface area contributed by atoms with Crippen LogP contribution in [0.2, 0.25) is 0 Å². The lowest BCUT2D eigenvalue weighted by molar-refractivity contribution is 0.0692. The van der Waals surface area contributed by atoms with E-state index >= 15 is 4.39 Å². The van der Waals surface area contributed by atoms with Crippen LogP contribution < -0.4 is 10.6 Å². The molecule has 3 N–H and O–H groups in total. The van der Waals surface area contributed by atoms with Gasteiger partial charge in [-0.3, -0.25) is 9.59 Å². The van der Waals surface area contributed by atoms with Gasteiger partial charge >= 0.3 is 0 Å². The van der Waals surface area contributed by atoms with Crippen molar-refractivity contribution in [1.82, 2.24) is 20.2 Å². The number of hydrogen-bond acceptors (Lipinski definition) is 7. The number of rotatable bonds is 7. The van der Waals surface area contributed by atoms with Crippen molar-refractivity contribution < 1.29 is 19.1 Å². The molecule has 2 aliphatic rings.